The molecule has 1 saturated heterocycles. The lowest BCUT2D eigenvalue weighted by Crippen LogP contribution is -2.23. The van der Waals surface area contributed by atoms with Gasteiger partial charge >= 0.3 is 0 Å². The van der Waals surface area contributed by atoms with Gasteiger partial charge in [0.05, 0.1) is 5.02 Å². The van der Waals surface area contributed by atoms with Crippen molar-refractivity contribution in [1.29, 1.82) is 0 Å². The topological polar surface area (TPSA) is 12.0 Å². The Morgan fingerprint density at radius 1 is 1.40 bits per heavy atom. The van der Waals surface area contributed by atoms with Crippen molar-refractivity contribution in [1.82, 2.24) is 5.32 Å². The van der Waals surface area contributed by atoms with Crippen molar-refractivity contribution in [2.75, 3.05) is 6.54 Å². The van der Waals surface area contributed by atoms with E-state index in [9.17, 15) is 8.78 Å². The van der Waals surface area contributed by atoms with Gasteiger partial charge in [-0.15, -0.1) is 0 Å². The lowest BCUT2D eigenvalue weighted by atomic mass is 10.0. The van der Waals surface area contributed by atoms with Crippen molar-refractivity contribution in [3.05, 3.63) is 34.4 Å². The van der Waals surface area contributed by atoms with Crippen LogP contribution >= 0.6 is 11.6 Å². The lowest BCUT2D eigenvalue weighted by molar-refractivity contribution is 0.566. The van der Waals surface area contributed by atoms with Crippen molar-refractivity contribution >= 4 is 11.6 Å². The Morgan fingerprint density at radius 2 is 2.20 bits per heavy atom. The van der Waals surface area contributed by atoms with E-state index in [0.717, 1.165) is 25.5 Å². The molecule has 4 heteroatoms. The molecule has 1 N–H and O–H groups in total. The average Bonchev–Trinajstić information content (AvgIpc) is 2.66. The molecule has 1 aromatic rings. The molecule has 1 unspecified atom stereocenters. The smallest absolute Gasteiger partial charge is 0.144 e. The van der Waals surface area contributed by atoms with Crippen molar-refractivity contribution in [2.45, 2.75) is 25.3 Å². The van der Waals surface area contributed by atoms with Crippen molar-refractivity contribution in [3.8, 4) is 0 Å². The monoisotopic (exact) mass is 231 g/mol. The normalized spacial score (nSPS) is 20.9. The van der Waals surface area contributed by atoms with E-state index in [-0.39, 0.29) is 5.02 Å². The summed E-state index contributed by atoms with van der Waals surface area (Å²) in [7, 11) is 0. The second-order valence-electron chi connectivity index (χ2n) is 3.86. The molecular weight excluding hydrogens is 220 g/mol. The third-order valence-electron chi connectivity index (χ3n) is 2.70. The minimum atomic E-state index is -0.676. The lowest BCUT2D eigenvalue weighted by Gasteiger charge is -2.11. The zero-order valence-corrected chi connectivity index (χ0v) is 8.95. The van der Waals surface area contributed by atoms with Crippen LogP contribution in [0.4, 0.5) is 8.78 Å². The van der Waals surface area contributed by atoms with Crippen LogP contribution in [-0.4, -0.2) is 12.6 Å². The van der Waals surface area contributed by atoms with Crippen LogP contribution in [0.5, 0.6) is 0 Å². The van der Waals surface area contributed by atoms with E-state index in [1.807, 2.05) is 0 Å². The summed E-state index contributed by atoms with van der Waals surface area (Å²) in [5, 5.41) is 3.31. The van der Waals surface area contributed by atoms with Gasteiger partial charge in [-0.3, -0.25) is 0 Å². The first-order valence-electron chi connectivity index (χ1n) is 5.03. The molecule has 2 rings (SSSR count). The highest BCUT2D eigenvalue weighted by molar-refractivity contribution is 6.31. The maximum atomic E-state index is 13.1. The molecule has 0 spiro atoms. The number of rotatable bonds is 2. The first-order valence-corrected chi connectivity index (χ1v) is 5.41. The summed E-state index contributed by atoms with van der Waals surface area (Å²) in [4.78, 5) is 0. The minimum absolute atomic E-state index is 0.0464. The summed E-state index contributed by atoms with van der Waals surface area (Å²) in [6, 6.07) is 2.42. The molecule has 0 aliphatic carbocycles. The SMILES string of the molecule is Fc1cc(F)c(Cl)c(CC2CCCN2)c1. The fourth-order valence-corrected chi connectivity index (χ4v) is 2.14. The summed E-state index contributed by atoms with van der Waals surface area (Å²) in [5.41, 5.74) is 0.550. The predicted molar refractivity (Wildman–Crippen MR) is 56.1 cm³/mol. The van der Waals surface area contributed by atoms with E-state index in [2.05, 4.69) is 5.32 Å². The Labute approximate surface area is 92.4 Å². The van der Waals surface area contributed by atoms with Gasteiger partial charge in [0, 0.05) is 12.1 Å². The van der Waals surface area contributed by atoms with E-state index in [1.165, 1.54) is 6.07 Å². The predicted octanol–water partition coefficient (Wildman–Crippen LogP) is 2.91. The maximum Gasteiger partial charge on any atom is 0.144 e. The van der Waals surface area contributed by atoms with Gasteiger partial charge in [-0.25, -0.2) is 8.78 Å². The van der Waals surface area contributed by atoms with Gasteiger partial charge < -0.3 is 5.32 Å². The fourth-order valence-electron chi connectivity index (χ4n) is 1.95. The van der Waals surface area contributed by atoms with Gasteiger partial charge in [-0.1, -0.05) is 11.6 Å². The molecule has 0 bridgehead atoms. The Kier molecular flexibility index (Phi) is 3.22. The minimum Gasteiger partial charge on any atom is -0.314 e. The molecule has 15 heavy (non-hydrogen) atoms. The average molecular weight is 232 g/mol. The highest BCUT2D eigenvalue weighted by atomic mass is 35.5. The molecule has 0 aromatic heterocycles. The van der Waals surface area contributed by atoms with Crippen LogP contribution in [0.2, 0.25) is 5.02 Å². The summed E-state index contributed by atoms with van der Waals surface area (Å²) in [5.74, 6) is -1.24. The Morgan fingerprint density at radius 3 is 2.87 bits per heavy atom. The van der Waals surface area contributed by atoms with Gasteiger partial charge in [0.25, 0.3) is 0 Å². The van der Waals surface area contributed by atoms with Crippen molar-refractivity contribution in [2.24, 2.45) is 0 Å². The zero-order chi connectivity index (χ0) is 10.8. The first kappa shape index (κ1) is 10.8. The van der Waals surface area contributed by atoms with Gasteiger partial charge in [0.15, 0.2) is 0 Å². The van der Waals surface area contributed by atoms with Gasteiger partial charge in [-0.05, 0) is 37.4 Å². The van der Waals surface area contributed by atoms with Crippen molar-refractivity contribution in [3.63, 3.8) is 0 Å². The van der Waals surface area contributed by atoms with E-state index in [4.69, 9.17) is 11.6 Å². The molecule has 1 aliphatic rings. The number of halogens is 3. The molecule has 1 heterocycles. The number of nitrogens with one attached hydrogen (secondary N) is 1. The van der Waals surface area contributed by atoms with Crippen LogP contribution in [0.3, 0.4) is 0 Å². The summed E-state index contributed by atoms with van der Waals surface area (Å²) >= 11 is 5.77. The second kappa shape index (κ2) is 4.45. The van der Waals surface area contributed by atoms with Crippen LogP contribution in [-0.2, 0) is 6.42 Å². The van der Waals surface area contributed by atoms with E-state index in [0.29, 0.717) is 18.0 Å². The molecule has 1 aliphatic heterocycles. The van der Waals surface area contributed by atoms with E-state index < -0.39 is 11.6 Å². The van der Waals surface area contributed by atoms with Gasteiger partial charge in [0.2, 0.25) is 0 Å². The number of hydrogen-bond donors (Lipinski definition) is 1. The molecular formula is C11H12ClF2N. The molecule has 1 nitrogen and oxygen atoms in total. The molecule has 1 fully saturated rings. The summed E-state index contributed by atoms with van der Waals surface area (Å²) in [6.07, 6.45) is 2.74. The first-order chi connectivity index (χ1) is 7.16. The maximum absolute atomic E-state index is 13.1. The third kappa shape index (κ3) is 2.47. The summed E-state index contributed by atoms with van der Waals surface area (Å²) in [6.45, 7) is 0.972. The van der Waals surface area contributed by atoms with Crippen LogP contribution in [0.15, 0.2) is 12.1 Å². The van der Waals surface area contributed by atoms with Gasteiger partial charge in [0.1, 0.15) is 11.6 Å². The largest absolute Gasteiger partial charge is 0.314 e. The molecule has 0 amide bonds. The standard InChI is InChI=1S/C11H12ClF2N/c12-11-7(4-8(13)6-10(11)14)5-9-2-1-3-15-9/h4,6,9,15H,1-3,5H2. The second-order valence-corrected chi connectivity index (χ2v) is 4.24. The Balaban J connectivity index is 2.19. The Bertz CT molecular complexity index is 362. The van der Waals surface area contributed by atoms with E-state index >= 15 is 0 Å². The van der Waals surface area contributed by atoms with Crippen LogP contribution in [0.1, 0.15) is 18.4 Å². The van der Waals surface area contributed by atoms with Crippen LogP contribution < -0.4 is 5.32 Å². The van der Waals surface area contributed by atoms with Crippen LogP contribution in [0.25, 0.3) is 0 Å². The highest BCUT2D eigenvalue weighted by Gasteiger charge is 2.17. The van der Waals surface area contributed by atoms with Crippen molar-refractivity contribution < 1.29 is 8.78 Å². The highest BCUT2D eigenvalue weighted by Crippen LogP contribution is 2.24. The summed E-state index contributed by atoms with van der Waals surface area (Å²) < 4.78 is 26.1. The molecule has 1 atom stereocenters. The van der Waals surface area contributed by atoms with Crippen LogP contribution in [0, 0.1) is 11.6 Å². The fraction of sp³-hybridized carbons (Fsp3) is 0.455. The molecule has 82 valence electrons. The number of hydrogen-bond acceptors (Lipinski definition) is 1. The Hall–Kier alpha value is -0.670. The van der Waals surface area contributed by atoms with E-state index in [1.54, 1.807) is 0 Å². The molecule has 1 aromatic carbocycles. The van der Waals surface area contributed by atoms with Gasteiger partial charge in [-0.2, -0.15) is 0 Å². The quantitative estimate of drug-likeness (QED) is 0.772. The zero-order valence-electron chi connectivity index (χ0n) is 8.19. The number of benzene rings is 1. The third-order valence-corrected chi connectivity index (χ3v) is 3.12. The molecule has 0 radical (unpaired) electrons. The molecule has 0 saturated carbocycles.